The molecule has 2 fully saturated rings. The monoisotopic (exact) mass is 206 g/mol. The fourth-order valence-electron chi connectivity index (χ4n) is 2.34. The predicted octanol–water partition coefficient (Wildman–Crippen LogP) is 1.13. The van der Waals surface area contributed by atoms with Gasteiger partial charge in [0.2, 0.25) is 0 Å². The van der Waals surface area contributed by atoms with E-state index >= 15 is 0 Å². The van der Waals surface area contributed by atoms with Gasteiger partial charge in [-0.1, -0.05) is 0 Å². The number of H-pyrrole nitrogens is 1. The number of aromatic nitrogens is 3. The molecule has 1 aromatic rings. The fourth-order valence-corrected chi connectivity index (χ4v) is 2.34. The second-order valence-electron chi connectivity index (χ2n) is 4.84. The van der Waals surface area contributed by atoms with Gasteiger partial charge in [-0.2, -0.15) is 5.10 Å². The maximum absolute atomic E-state index is 4.13. The van der Waals surface area contributed by atoms with Crippen LogP contribution in [0.1, 0.15) is 31.5 Å². The van der Waals surface area contributed by atoms with Gasteiger partial charge in [-0.05, 0) is 37.5 Å². The largest absolute Gasteiger partial charge is 0.313 e. The Bertz CT molecular complexity index is 288. The van der Waals surface area contributed by atoms with Gasteiger partial charge in [0.25, 0.3) is 0 Å². The summed E-state index contributed by atoms with van der Waals surface area (Å²) in [6.07, 6.45) is 8.31. The average Bonchev–Trinajstić information content (AvgIpc) is 3.15. The lowest BCUT2D eigenvalue weighted by Crippen LogP contribution is -2.34. The highest BCUT2D eigenvalue weighted by molar-refractivity contribution is 4.96. The Hall–Kier alpha value is -0.900. The number of rotatable bonds is 6. The van der Waals surface area contributed by atoms with Crippen LogP contribution < -0.4 is 5.32 Å². The summed E-state index contributed by atoms with van der Waals surface area (Å²) in [6, 6.07) is 0.799. The lowest BCUT2D eigenvalue weighted by molar-refractivity contribution is 0.418. The van der Waals surface area contributed by atoms with E-state index in [1.807, 2.05) is 0 Å². The Morgan fingerprint density at radius 3 is 2.60 bits per heavy atom. The average molecular weight is 206 g/mol. The summed E-state index contributed by atoms with van der Waals surface area (Å²) >= 11 is 0. The molecule has 82 valence electrons. The SMILES string of the molecule is c1n[nH]c(CCNC(C2CC2)C2CC2)n1. The second-order valence-corrected chi connectivity index (χ2v) is 4.84. The molecule has 0 radical (unpaired) electrons. The molecule has 0 amide bonds. The van der Waals surface area contributed by atoms with Gasteiger partial charge in [0, 0.05) is 19.0 Å². The first-order valence-corrected chi connectivity index (χ1v) is 6.01. The highest BCUT2D eigenvalue weighted by Crippen LogP contribution is 2.44. The van der Waals surface area contributed by atoms with Gasteiger partial charge in [0.15, 0.2) is 0 Å². The molecule has 4 heteroatoms. The van der Waals surface area contributed by atoms with Gasteiger partial charge in [-0.3, -0.25) is 5.10 Å². The minimum atomic E-state index is 0.799. The molecule has 3 rings (SSSR count). The van der Waals surface area contributed by atoms with E-state index in [2.05, 4.69) is 20.5 Å². The molecule has 0 bridgehead atoms. The summed E-state index contributed by atoms with van der Waals surface area (Å²) < 4.78 is 0. The molecule has 0 saturated heterocycles. The van der Waals surface area contributed by atoms with E-state index in [4.69, 9.17) is 0 Å². The molecule has 2 aliphatic rings. The van der Waals surface area contributed by atoms with Crippen LogP contribution in [-0.2, 0) is 6.42 Å². The quantitative estimate of drug-likeness (QED) is 0.733. The van der Waals surface area contributed by atoms with Crippen molar-refractivity contribution in [1.82, 2.24) is 20.5 Å². The summed E-state index contributed by atoms with van der Waals surface area (Å²) in [5, 5.41) is 10.4. The molecule has 1 heterocycles. The van der Waals surface area contributed by atoms with Crippen molar-refractivity contribution in [3.05, 3.63) is 12.2 Å². The smallest absolute Gasteiger partial charge is 0.137 e. The second kappa shape index (κ2) is 3.93. The third-order valence-corrected chi connectivity index (χ3v) is 3.47. The minimum absolute atomic E-state index is 0.799. The molecule has 15 heavy (non-hydrogen) atoms. The van der Waals surface area contributed by atoms with Crippen molar-refractivity contribution in [3.63, 3.8) is 0 Å². The normalized spacial score (nSPS) is 21.1. The van der Waals surface area contributed by atoms with Crippen LogP contribution >= 0.6 is 0 Å². The van der Waals surface area contributed by atoms with Crippen molar-refractivity contribution in [2.45, 2.75) is 38.1 Å². The number of aromatic amines is 1. The Labute approximate surface area is 89.9 Å². The molecule has 4 nitrogen and oxygen atoms in total. The van der Waals surface area contributed by atoms with E-state index in [-0.39, 0.29) is 0 Å². The van der Waals surface area contributed by atoms with Crippen molar-refractivity contribution in [2.75, 3.05) is 6.54 Å². The van der Waals surface area contributed by atoms with Crippen LogP contribution in [0, 0.1) is 11.8 Å². The Balaban J connectivity index is 1.44. The van der Waals surface area contributed by atoms with Gasteiger partial charge in [-0.25, -0.2) is 4.98 Å². The number of hydrogen-bond donors (Lipinski definition) is 2. The lowest BCUT2D eigenvalue weighted by Gasteiger charge is -2.16. The summed E-state index contributed by atoms with van der Waals surface area (Å²) in [5.41, 5.74) is 0. The molecule has 0 aliphatic heterocycles. The van der Waals surface area contributed by atoms with Crippen LogP contribution in [0.4, 0.5) is 0 Å². The van der Waals surface area contributed by atoms with E-state index < -0.39 is 0 Å². The first-order chi connectivity index (χ1) is 7.43. The van der Waals surface area contributed by atoms with Gasteiger partial charge in [0.1, 0.15) is 12.2 Å². The fraction of sp³-hybridized carbons (Fsp3) is 0.818. The zero-order valence-electron chi connectivity index (χ0n) is 8.95. The van der Waals surface area contributed by atoms with Crippen LogP contribution in [0.2, 0.25) is 0 Å². The number of nitrogens with one attached hydrogen (secondary N) is 2. The van der Waals surface area contributed by atoms with Crippen LogP contribution in [0.15, 0.2) is 6.33 Å². The minimum Gasteiger partial charge on any atom is -0.313 e. The van der Waals surface area contributed by atoms with Gasteiger partial charge >= 0.3 is 0 Å². The van der Waals surface area contributed by atoms with Crippen molar-refractivity contribution in [3.8, 4) is 0 Å². The summed E-state index contributed by atoms with van der Waals surface area (Å²) in [6.45, 7) is 1.03. The molecule has 2 saturated carbocycles. The third kappa shape index (κ3) is 2.37. The molecule has 0 atom stereocenters. The number of hydrogen-bond acceptors (Lipinski definition) is 3. The van der Waals surface area contributed by atoms with Crippen molar-refractivity contribution >= 4 is 0 Å². The van der Waals surface area contributed by atoms with E-state index in [1.165, 1.54) is 25.7 Å². The summed E-state index contributed by atoms with van der Waals surface area (Å²) in [4.78, 5) is 4.13. The van der Waals surface area contributed by atoms with E-state index in [9.17, 15) is 0 Å². The van der Waals surface area contributed by atoms with Gasteiger partial charge < -0.3 is 5.32 Å². The molecule has 2 aliphatic carbocycles. The first kappa shape index (κ1) is 9.33. The summed E-state index contributed by atoms with van der Waals surface area (Å²) in [7, 11) is 0. The van der Waals surface area contributed by atoms with Crippen LogP contribution in [0.3, 0.4) is 0 Å². The zero-order chi connectivity index (χ0) is 10.1. The molecular formula is C11H18N4. The molecule has 1 aromatic heterocycles. The Morgan fingerprint density at radius 2 is 2.07 bits per heavy atom. The van der Waals surface area contributed by atoms with Crippen LogP contribution in [0.5, 0.6) is 0 Å². The maximum Gasteiger partial charge on any atom is 0.137 e. The molecule has 0 aromatic carbocycles. The van der Waals surface area contributed by atoms with E-state index in [0.717, 1.165) is 36.7 Å². The van der Waals surface area contributed by atoms with E-state index in [1.54, 1.807) is 6.33 Å². The molecule has 2 N–H and O–H groups in total. The Kier molecular flexibility index (Phi) is 2.44. The standard InChI is InChI=1S/C11H18N4/c1-2-8(1)11(9-3-4-9)12-6-5-10-13-7-14-15-10/h7-9,11-12H,1-6H2,(H,13,14,15). The van der Waals surface area contributed by atoms with E-state index in [0.29, 0.717) is 0 Å². The third-order valence-electron chi connectivity index (χ3n) is 3.47. The van der Waals surface area contributed by atoms with Gasteiger partial charge in [0.05, 0.1) is 0 Å². The van der Waals surface area contributed by atoms with Crippen molar-refractivity contribution in [2.24, 2.45) is 11.8 Å². The van der Waals surface area contributed by atoms with Crippen LogP contribution in [0.25, 0.3) is 0 Å². The Morgan fingerprint density at radius 1 is 1.33 bits per heavy atom. The van der Waals surface area contributed by atoms with Gasteiger partial charge in [-0.15, -0.1) is 0 Å². The van der Waals surface area contributed by atoms with Crippen molar-refractivity contribution in [1.29, 1.82) is 0 Å². The first-order valence-electron chi connectivity index (χ1n) is 6.01. The number of nitrogens with zero attached hydrogens (tertiary/aromatic N) is 2. The molecule has 0 unspecified atom stereocenters. The molecule has 0 spiro atoms. The topological polar surface area (TPSA) is 53.6 Å². The van der Waals surface area contributed by atoms with Crippen LogP contribution in [-0.4, -0.2) is 27.8 Å². The maximum atomic E-state index is 4.13. The highest BCUT2D eigenvalue weighted by Gasteiger charge is 2.40. The lowest BCUT2D eigenvalue weighted by atomic mass is 10.1. The van der Waals surface area contributed by atoms with Crippen molar-refractivity contribution < 1.29 is 0 Å². The molecular weight excluding hydrogens is 188 g/mol. The highest BCUT2D eigenvalue weighted by atomic mass is 15.2. The predicted molar refractivity (Wildman–Crippen MR) is 57.3 cm³/mol. The summed E-state index contributed by atoms with van der Waals surface area (Å²) in [5.74, 6) is 2.95. The zero-order valence-corrected chi connectivity index (χ0v) is 8.95.